The molecule has 5 nitrogen and oxygen atoms in total. The lowest BCUT2D eigenvalue weighted by atomic mass is 10.1. The number of nitrogens with zero attached hydrogens (tertiary/aromatic N) is 2. The zero-order valence-corrected chi connectivity index (χ0v) is 10.4. The van der Waals surface area contributed by atoms with Gasteiger partial charge in [-0.3, -0.25) is 4.79 Å². The molecule has 0 unspecified atom stereocenters. The first-order chi connectivity index (χ1) is 9.92. The second kappa shape index (κ2) is 4.65. The molecule has 8 heteroatoms. The molecule has 0 aliphatic carbocycles. The van der Waals surface area contributed by atoms with Crippen LogP contribution < -0.4 is 10.3 Å². The molecule has 0 spiro atoms. The highest BCUT2D eigenvalue weighted by Crippen LogP contribution is 2.25. The Kier molecular flexibility index (Phi) is 2.93. The van der Waals surface area contributed by atoms with Crippen LogP contribution in [0.15, 0.2) is 47.7 Å². The van der Waals surface area contributed by atoms with Gasteiger partial charge in [0.25, 0.3) is 5.56 Å². The van der Waals surface area contributed by atoms with Crippen molar-refractivity contribution in [3.63, 3.8) is 0 Å². The van der Waals surface area contributed by atoms with Gasteiger partial charge in [0.2, 0.25) is 5.65 Å². The highest BCUT2D eigenvalue weighted by atomic mass is 19.4. The Bertz CT molecular complexity index is 834. The van der Waals surface area contributed by atoms with E-state index in [2.05, 4.69) is 14.7 Å². The molecule has 0 radical (unpaired) electrons. The Morgan fingerprint density at radius 1 is 1.19 bits per heavy atom. The standard InChI is InChI=1S/C13H8F3N3O2/c14-13(15,16)21-9-3-1-8(2-4-9)10-7-19-6-5-17-11(19)12(20)18-10/h1-7H,(H,18,20). The van der Waals surface area contributed by atoms with E-state index in [0.29, 0.717) is 11.3 Å². The highest BCUT2D eigenvalue weighted by molar-refractivity contribution is 5.60. The molecule has 2 heterocycles. The van der Waals surface area contributed by atoms with E-state index < -0.39 is 6.36 Å². The van der Waals surface area contributed by atoms with Gasteiger partial charge in [0.05, 0.1) is 5.69 Å². The molecule has 0 saturated heterocycles. The molecule has 0 aliphatic rings. The Morgan fingerprint density at radius 3 is 2.57 bits per heavy atom. The number of benzene rings is 1. The van der Waals surface area contributed by atoms with Gasteiger partial charge in [0.1, 0.15) is 5.75 Å². The summed E-state index contributed by atoms with van der Waals surface area (Å²) in [4.78, 5) is 18.3. The fraction of sp³-hybridized carbons (Fsp3) is 0.0769. The maximum atomic E-state index is 12.1. The number of hydrogen-bond donors (Lipinski definition) is 1. The molecule has 0 atom stereocenters. The molecule has 1 aromatic carbocycles. The summed E-state index contributed by atoms with van der Waals surface area (Å²) in [5, 5.41) is 0. The number of aromatic amines is 1. The van der Waals surface area contributed by atoms with Gasteiger partial charge in [-0.15, -0.1) is 13.2 Å². The van der Waals surface area contributed by atoms with Crippen molar-refractivity contribution in [1.82, 2.24) is 14.4 Å². The first-order valence-electron chi connectivity index (χ1n) is 5.84. The maximum absolute atomic E-state index is 12.1. The lowest BCUT2D eigenvalue weighted by Crippen LogP contribution is -2.17. The van der Waals surface area contributed by atoms with Gasteiger partial charge < -0.3 is 14.1 Å². The van der Waals surface area contributed by atoms with Gasteiger partial charge in [-0.2, -0.15) is 0 Å². The van der Waals surface area contributed by atoms with Gasteiger partial charge in [-0.1, -0.05) is 0 Å². The van der Waals surface area contributed by atoms with Crippen molar-refractivity contribution in [1.29, 1.82) is 0 Å². The molecule has 3 aromatic rings. The van der Waals surface area contributed by atoms with E-state index in [4.69, 9.17) is 0 Å². The summed E-state index contributed by atoms with van der Waals surface area (Å²) in [6.07, 6.45) is -0.0151. The van der Waals surface area contributed by atoms with Crippen molar-refractivity contribution in [2.45, 2.75) is 6.36 Å². The van der Waals surface area contributed by atoms with Crippen molar-refractivity contribution >= 4 is 5.65 Å². The van der Waals surface area contributed by atoms with Crippen LogP contribution in [-0.2, 0) is 0 Å². The molecule has 3 rings (SSSR count). The first kappa shape index (κ1) is 13.2. The minimum atomic E-state index is -4.73. The number of ether oxygens (including phenoxy) is 1. The first-order valence-corrected chi connectivity index (χ1v) is 5.84. The van der Waals surface area contributed by atoms with Crippen molar-refractivity contribution in [3.8, 4) is 17.0 Å². The number of halogens is 3. The minimum Gasteiger partial charge on any atom is -0.406 e. The summed E-state index contributed by atoms with van der Waals surface area (Å²) in [7, 11) is 0. The van der Waals surface area contributed by atoms with Crippen LogP contribution >= 0.6 is 0 Å². The number of nitrogens with one attached hydrogen (secondary N) is 1. The fourth-order valence-electron chi connectivity index (χ4n) is 1.93. The molecule has 0 fully saturated rings. The maximum Gasteiger partial charge on any atom is 0.573 e. The normalized spacial score (nSPS) is 11.8. The fourth-order valence-corrected chi connectivity index (χ4v) is 1.93. The Hall–Kier alpha value is -2.77. The summed E-state index contributed by atoms with van der Waals surface area (Å²) in [5.74, 6) is -0.322. The molecule has 1 N–H and O–H groups in total. The van der Waals surface area contributed by atoms with Crippen LogP contribution in [0, 0.1) is 0 Å². The number of alkyl halides is 3. The molecule has 0 aliphatic heterocycles. The Labute approximate surface area is 115 Å². The van der Waals surface area contributed by atoms with Crippen LogP contribution in [0.5, 0.6) is 5.75 Å². The van der Waals surface area contributed by atoms with Gasteiger partial charge >= 0.3 is 6.36 Å². The third-order valence-electron chi connectivity index (χ3n) is 2.79. The van der Waals surface area contributed by atoms with Crippen molar-refractivity contribution in [3.05, 3.63) is 53.2 Å². The SMILES string of the molecule is O=c1[nH]c(-c2ccc(OC(F)(F)F)cc2)cn2ccnc12. The lowest BCUT2D eigenvalue weighted by Gasteiger charge is -2.09. The van der Waals surface area contributed by atoms with Crippen LogP contribution in [0.25, 0.3) is 16.9 Å². The number of aromatic nitrogens is 3. The van der Waals surface area contributed by atoms with E-state index in [1.165, 1.54) is 34.9 Å². The second-order valence-corrected chi connectivity index (χ2v) is 4.23. The quantitative estimate of drug-likeness (QED) is 0.790. The average Bonchev–Trinajstić information content (AvgIpc) is 2.86. The largest absolute Gasteiger partial charge is 0.573 e. The van der Waals surface area contributed by atoms with E-state index in [1.807, 2.05) is 0 Å². The second-order valence-electron chi connectivity index (χ2n) is 4.23. The van der Waals surface area contributed by atoms with E-state index >= 15 is 0 Å². The van der Waals surface area contributed by atoms with E-state index in [1.54, 1.807) is 12.4 Å². The highest BCUT2D eigenvalue weighted by Gasteiger charge is 2.30. The molecule has 0 bridgehead atoms. The third kappa shape index (κ3) is 2.73. The van der Waals surface area contributed by atoms with Crippen LogP contribution in [0.2, 0.25) is 0 Å². The predicted octanol–water partition coefficient (Wildman–Crippen LogP) is 2.59. The molecular formula is C13H8F3N3O2. The molecule has 21 heavy (non-hydrogen) atoms. The van der Waals surface area contributed by atoms with Gasteiger partial charge in [0.15, 0.2) is 0 Å². The van der Waals surface area contributed by atoms with Crippen molar-refractivity contribution in [2.75, 3.05) is 0 Å². The predicted molar refractivity (Wildman–Crippen MR) is 67.9 cm³/mol. The molecule has 0 amide bonds. The molecule has 2 aromatic heterocycles. The number of fused-ring (bicyclic) bond motifs is 1. The third-order valence-corrected chi connectivity index (χ3v) is 2.79. The molecule has 0 saturated carbocycles. The van der Waals surface area contributed by atoms with Crippen molar-refractivity contribution in [2.24, 2.45) is 0 Å². The number of H-pyrrole nitrogens is 1. The minimum absolute atomic E-state index is 0.246. The lowest BCUT2D eigenvalue weighted by molar-refractivity contribution is -0.274. The van der Waals surface area contributed by atoms with Crippen LogP contribution in [0.1, 0.15) is 0 Å². The van der Waals surface area contributed by atoms with Crippen LogP contribution in [-0.4, -0.2) is 20.7 Å². The van der Waals surface area contributed by atoms with Crippen molar-refractivity contribution < 1.29 is 17.9 Å². The number of imidazole rings is 1. The van der Waals surface area contributed by atoms with E-state index in [9.17, 15) is 18.0 Å². The summed E-state index contributed by atoms with van der Waals surface area (Å²) in [5.41, 5.74) is 0.880. The number of hydrogen-bond acceptors (Lipinski definition) is 3. The average molecular weight is 295 g/mol. The van der Waals surface area contributed by atoms with E-state index in [0.717, 1.165) is 0 Å². The summed E-state index contributed by atoms with van der Waals surface area (Å²) >= 11 is 0. The Balaban J connectivity index is 1.97. The van der Waals surface area contributed by atoms with Crippen LogP contribution in [0.3, 0.4) is 0 Å². The molecule has 108 valence electrons. The topological polar surface area (TPSA) is 59.4 Å². The van der Waals surface area contributed by atoms with Crippen LogP contribution in [0.4, 0.5) is 13.2 Å². The zero-order chi connectivity index (χ0) is 15.0. The molecular weight excluding hydrogens is 287 g/mol. The summed E-state index contributed by atoms with van der Waals surface area (Å²) in [6.45, 7) is 0. The van der Waals surface area contributed by atoms with E-state index in [-0.39, 0.29) is 17.0 Å². The summed E-state index contributed by atoms with van der Waals surface area (Å²) in [6, 6.07) is 5.21. The zero-order valence-electron chi connectivity index (χ0n) is 10.4. The number of rotatable bonds is 2. The Morgan fingerprint density at radius 2 is 1.90 bits per heavy atom. The van der Waals surface area contributed by atoms with Gasteiger partial charge in [0, 0.05) is 18.6 Å². The van der Waals surface area contributed by atoms with Gasteiger partial charge in [-0.25, -0.2) is 4.98 Å². The van der Waals surface area contributed by atoms with Gasteiger partial charge in [-0.05, 0) is 29.8 Å². The summed E-state index contributed by atoms with van der Waals surface area (Å²) < 4.78 is 41.6. The monoisotopic (exact) mass is 295 g/mol. The smallest absolute Gasteiger partial charge is 0.406 e.